The average molecular weight is 471 g/mol. The lowest BCUT2D eigenvalue weighted by Crippen LogP contribution is -2.29. The molecule has 1 aromatic heterocycles. The van der Waals surface area contributed by atoms with Crippen LogP contribution in [0.5, 0.6) is 0 Å². The van der Waals surface area contributed by atoms with Crippen LogP contribution in [0.25, 0.3) is 0 Å². The van der Waals surface area contributed by atoms with E-state index in [1.165, 1.54) is 24.0 Å². The number of fused-ring (bicyclic) bond motifs is 1. The molecular formula is C25H27ClN2O3S. The van der Waals surface area contributed by atoms with Crippen LogP contribution in [0.2, 0.25) is 0 Å². The van der Waals surface area contributed by atoms with Gasteiger partial charge in [0.1, 0.15) is 5.00 Å². The van der Waals surface area contributed by atoms with Crippen molar-refractivity contribution in [1.82, 2.24) is 4.90 Å². The van der Waals surface area contributed by atoms with Crippen molar-refractivity contribution in [1.29, 1.82) is 0 Å². The van der Waals surface area contributed by atoms with Gasteiger partial charge in [0, 0.05) is 30.1 Å². The van der Waals surface area contributed by atoms with Gasteiger partial charge in [-0.2, -0.15) is 0 Å². The zero-order valence-electron chi connectivity index (χ0n) is 18.4. The number of carbonyl (C=O) groups excluding carboxylic acids is 2. The third kappa shape index (κ3) is 5.21. The van der Waals surface area contributed by atoms with E-state index >= 15 is 0 Å². The van der Waals surface area contributed by atoms with E-state index in [1.807, 2.05) is 50.2 Å². The van der Waals surface area contributed by atoms with Crippen molar-refractivity contribution in [2.45, 2.75) is 33.4 Å². The summed E-state index contributed by atoms with van der Waals surface area (Å²) in [5, 5.41) is 3.55. The minimum atomic E-state index is -0.398. The van der Waals surface area contributed by atoms with E-state index in [2.05, 4.69) is 22.3 Å². The summed E-state index contributed by atoms with van der Waals surface area (Å²) < 4.78 is 5.05. The van der Waals surface area contributed by atoms with Crippen molar-refractivity contribution in [3.63, 3.8) is 0 Å². The number of methoxy groups -OCH3 is 1. The minimum absolute atomic E-state index is 0. The van der Waals surface area contributed by atoms with Crippen LogP contribution in [0.4, 0.5) is 5.00 Å². The summed E-state index contributed by atoms with van der Waals surface area (Å²) in [6, 6.07) is 16.1. The van der Waals surface area contributed by atoms with Gasteiger partial charge >= 0.3 is 5.97 Å². The van der Waals surface area contributed by atoms with Crippen LogP contribution in [0.1, 0.15) is 47.8 Å². The molecule has 168 valence electrons. The summed E-state index contributed by atoms with van der Waals surface area (Å²) in [5.74, 6) is -0.610. The fourth-order valence-electron chi connectivity index (χ4n) is 4.12. The molecule has 0 aliphatic carbocycles. The van der Waals surface area contributed by atoms with Crippen molar-refractivity contribution in [3.8, 4) is 0 Å². The molecule has 0 bridgehead atoms. The molecular weight excluding hydrogens is 444 g/mol. The zero-order chi connectivity index (χ0) is 22.0. The number of carbonyl (C=O) groups is 2. The summed E-state index contributed by atoms with van der Waals surface area (Å²) in [6.07, 6.45) is 0.753. The normalized spacial score (nSPS) is 13.1. The Morgan fingerprint density at radius 3 is 2.44 bits per heavy atom. The Bertz CT molecular complexity index is 1110. The lowest BCUT2D eigenvalue weighted by Gasteiger charge is -2.27. The summed E-state index contributed by atoms with van der Waals surface area (Å²) >= 11 is 1.48. The van der Waals surface area contributed by atoms with Gasteiger partial charge in [0.2, 0.25) is 0 Å². The van der Waals surface area contributed by atoms with E-state index in [4.69, 9.17) is 4.74 Å². The standard InChI is InChI=1S/C25H26N2O3S.ClH/c1-16-11-17(2)13-19(12-16)23(28)26-24-22(25(29)30-3)20-9-10-27(15-21(20)31-24)14-18-7-5-4-6-8-18;/h4-8,11-13H,9-10,14-15H2,1-3H3,(H,26,28);1H. The fourth-order valence-corrected chi connectivity index (χ4v) is 5.39. The maximum atomic E-state index is 12.9. The average Bonchev–Trinajstić information content (AvgIpc) is 3.10. The van der Waals surface area contributed by atoms with Crippen molar-refractivity contribution in [3.05, 3.63) is 86.8 Å². The van der Waals surface area contributed by atoms with Gasteiger partial charge in [-0.1, -0.05) is 47.5 Å². The van der Waals surface area contributed by atoms with Gasteiger partial charge in [0.25, 0.3) is 5.91 Å². The molecule has 32 heavy (non-hydrogen) atoms. The molecule has 3 aromatic rings. The van der Waals surface area contributed by atoms with Crippen molar-refractivity contribution < 1.29 is 14.3 Å². The van der Waals surface area contributed by atoms with E-state index in [-0.39, 0.29) is 18.3 Å². The molecule has 0 radical (unpaired) electrons. The summed E-state index contributed by atoms with van der Waals surface area (Å²) in [4.78, 5) is 29.0. The predicted molar refractivity (Wildman–Crippen MR) is 131 cm³/mol. The lowest BCUT2D eigenvalue weighted by atomic mass is 10.0. The third-order valence-electron chi connectivity index (χ3n) is 5.49. The maximum absolute atomic E-state index is 12.9. The number of nitrogens with zero attached hydrogens (tertiary/aromatic N) is 1. The Morgan fingerprint density at radius 2 is 1.78 bits per heavy atom. The van der Waals surface area contributed by atoms with Crippen molar-refractivity contribution >= 4 is 40.6 Å². The molecule has 7 heteroatoms. The van der Waals surface area contributed by atoms with Crippen LogP contribution in [0.3, 0.4) is 0 Å². The number of rotatable bonds is 5. The van der Waals surface area contributed by atoms with Crippen LogP contribution in [0, 0.1) is 13.8 Å². The second-order valence-corrected chi connectivity index (χ2v) is 9.08. The van der Waals surface area contributed by atoms with Gasteiger partial charge in [-0.25, -0.2) is 4.79 Å². The van der Waals surface area contributed by atoms with E-state index in [1.54, 1.807) is 0 Å². The van der Waals surface area contributed by atoms with Crippen LogP contribution in [-0.4, -0.2) is 30.4 Å². The molecule has 0 saturated carbocycles. The Kier molecular flexibility index (Phi) is 7.72. The molecule has 1 N–H and O–H groups in total. The summed E-state index contributed by atoms with van der Waals surface area (Å²) in [5.41, 5.74) is 5.40. The number of hydrogen-bond donors (Lipinski definition) is 1. The number of amides is 1. The molecule has 2 aromatic carbocycles. The number of hydrogen-bond acceptors (Lipinski definition) is 5. The first-order valence-electron chi connectivity index (χ1n) is 10.3. The molecule has 0 fully saturated rings. The Morgan fingerprint density at radius 1 is 1.09 bits per heavy atom. The predicted octanol–water partition coefficient (Wildman–Crippen LogP) is 5.38. The van der Waals surface area contributed by atoms with Gasteiger partial charge in [0.05, 0.1) is 12.7 Å². The Balaban J connectivity index is 0.00000289. The van der Waals surface area contributed by atoms with Crippen LogP contribution in [0.15, 0.2) is 48.5 Å². The van der Waals surface area contributed by atoms with E-state index in [0.29, 0.717) is 16.1 Å². The fraction of sp³-hybridized carbons (Fsp3) is 0.280. The van der Waals surface area contributed by atoms with Crippen molar-refractivity contribution in [2.24, 2.45) is 0 Å². The molecule has 0 atom stereocenters. The topological polar surface area (TPSA) is 58.6 Å². The highest BCUT2D eigenvalue weighted by Gasteiger charge is 2.29. The smallest absolute Gasteiger partial charge is 0.341 e. The summed E-state index contributed by atoms with van der Waals surface area (Å²) in [6.45, 7) is 6.39. The number of halogens is 1. The maximum Gasteiger partial charge on any atom is 0.341 e. The van der Waals surface area contributed by atoms with Gasteiger partial charge in [0.15, 0.2) is 0 Å². The van der Waals surface area contributed by atoms with E-state index in [0.717, 1.165) is 47.6 Å². The molecule has 5 nitrogen and oxygen atoms in total. The molecule has 1 aliphatic heterocycles. The van der Waals surface area contributed by atoms with Gasteiger partial charge in [-0.15, -0.1) is 23.7 Å². The van der Waals surface area contributed by atoms with Crippen molar-refractivity contribution in [2.75, 3.05) is 19.0 Å². The van der Waals surface area contributed by atoms with Gasteiger partial charge in [-0.05, 0) is 43.5 Å². The highest BCUT2D eigenvalue weighted by atomic mass is 35.5. The molecule has 0 saturated heterocycles. The van der Waals surface area contributed by atoms with E-state index in [9.17, 15) is 9.59 Å². The third-order valence-corrected chi connectivity index (χ3v) is 6.62. The first-order chi connectivity index (χ1) is 14.9. The quantitative estimate of drug-likeness (QED) is 0.508. The Labute approximate surface area is 198 Å². The number of esters is 1. The highest BCUT2D eigenvalue weighted by molar-refractivity contribution is 7.17. The molecule has 0 unspecified atom stereocenters. The van der Waals surface area contributed by atoms with E-state index < -0.39 is 5.97 Å². The molecule has 1 amide bonds. The Hall–Kier alpha value is -2.67. The number of nitrogens with one attached hydrogen (secondary N) is 1. The number of ether oxygens (including phenoxy) is 1. The monoisotopic (exact) mass is 470 g/mol. The largest absolute Gasteiger partial charge is 0.465 e. The number of benzene rings is 2. The zero-order valence-corrected chi connectivity index (χ0v) is 20.1. The van der Waals surface area contributed by atoms with Gasteiger partial charge in [-0.3, -0.25) is 9.69 Å². The molecule has 2 heterocycles. The molecule has 4 rings (SSSR count). The molecule has 0 spiro atoms. The molecule has 1 aliphatic rings. The SMILES string of the molecule is COC(=O)c1c(NC(=O)c2cc(C)cc(C)c2)sc2c1CCN(Cc1ccccc1)C2.Cl. The van der Waals surface area contributed by atoms with Gasteiger partial charge < -0.3 is 10.1 Å². The first kappa shape index (κ1) is 24.0. The lowest BCUT2D eigenvalue weighted by molar-refractivity contribution is 0.0600. The van der Waals surface area contributed by atoms with Crippen LogP contribution < -0.4 is 5.32 Å². The first-order valence-corrected chi connectivity index (χ1v) is 11.1. The number of thiophene rings is 1. The number of anilines is 1. The second-order valence-electron chi connectivity index (χ2n) is 7.98. The summed E-state index contributed by atoms with van der Waals surface area (Å²) in [7, 11) is 1.38. The highest BCUT2D eigenvalue weighted by Crippen LogP contribution is 2.38. The second kappa shape index (κ2) is 10.3. The minimum Gasteiger partial charge on any atom is -0.465 e. The van der Waals surface area contributed by atoms with Crippen LogP contribution >= 0.6 is 23.7 Å². The van der Waals surface area contributed by atoms with Crippen LogP contribution in [-0.2, 0) is 24.2 Å². The number of aryl methyl sites for hydroxylation is 2.